The second-order valence-corrected chi connectivity index (χ2v) is 11.9. The first-order chi connectivity index (χ1) is 25.4. The van der Waals surface area contributed by atoms with E-state index in [1.54, 1.807) is 48.5 Å². The Morgan fingerprint density at radius 3 is 0.625 bits per heavy atom. The van der Waals surface area contributed by atoms with Crippen LogP contribution in [0.2, 0.25) is 0 Å². The van der Waals surface area contributed by atoms with Gasteiger partial charge in [-0.1, -0.05) is 197 Å². The fourth-order valence-electron chi connectivity index (χ4n) is 4.16. The van der Waals surface area contributed by atoms with Gasteiger partial charge in [0.2, 0.25) is 28.5 Å². The molecule has 0 saturated heterocycles. The van der Waals surface area contributed by atoms with Crippen LogP contribution in [0.4, 0.5) is 0 Å². The first kappa shape index (κ1) is 59.4. The van der Waals surface area contributed by atoms with Crippen LogP contribution in [0.1, 0.15) is 79.1 Å². The summed E-state index contributed by atoms with van der Waals surface area (Å²) in [5.41, 5.74) is 2.83. The third-order valence-electron chi connectivity index (χ3n) is 7.36. The lowest BCUT2D eigenvalue weighted by Crippen LogP contribution is -2.46. The average Bonchev–Trinajstić information content (AvgIpc) is 3.20. The normalized spacial score (nSPS) is 9.29. The zero-order valence-electron chi connectivity index (χ0n) is 35.6. The van der Waals surface area contributed by atoms with Gasteiger partial charge in [0.05, 0.1) is 0 Å². The molecule has 0 fully saturated rings. The quantitative estimate of drug-likeness (QED) is 0.0756. The van der Waals surface area contributed by atoms with Crippen LogP contribution in [0.3, 0.4) is 0 Å². The molecule has 0 heterocycles. The molecule has 0 radical (unpaired) electrons. The molecule has 0 bridgehead atoms. The zero-order chi connectivity index (χ0) is 38.1. The molecule has 0 saturated carbocycles. The minimum atomic E-state index is -1.02. The van der Waals surface area contributed by atoms with Crippen molar-refractivity contribution in [3.8, 4) is 0 Å². The van der Waals surface area contributed by atoms with Crippen molar-refractivity contribution in [2.75, 3.05) is 26.4 Å². The number of rotatable bonds is 20. The second kappa shape index (κ2) is 41.3. The fraction of sp³-hybridized carbons (Fsp3) is 0.400. The summed E-state index contributed by atoms with van der Waals surface area (Å²) >= 11 is 0. The van der Waals surface area contributed by atoms with Crippen LogP contribution in [0.5, 0.6) is 0 Å². The minimum Gasteiger partial charge on any atom is -0.853 e. The predicted octanol–water partition coefficient (Wildman–Crippen LogP) is 3.74. The lowest BCUT2D eigenvalue weighted by atomic mass is 9.80. The van der Waals surface area contributed by atoms with Crippen molar-refractivity contribution < 1.29 is 38.7 Å². The van der Waals surface area contributed by atoms with Gasteiger partial charge in [-0.05, 0) is 25.7 Å². The van der Waals surface area contributed by atoms with E-state index in [9.17, 15) is 20.1 Å². The second-order valence-electron chi connectivity index (χ2n) is 11.9. The molecule has 4 aromatic carbocycles. The van der Waals surface area contributed by atoms with Crippen LogP contribution >= 0.6 is 0 Å². The van der Waals surface area contributed by atoms with Crippen molar-refractivity contribution in [1.29, 1.82) is 0 Å². The average molecular weight is 780 g/mol. The summed E-state index contributed by atoms with van der Waals surface area (Å²) in [6, 6.07) is 36.7. The summed E-state index contributed by atoms with van der Waals surface area (Å²) < 4.78 is 20.5. The number of benzene rings is 4. The minimum absolute atomic E-state index is 0. The van der Waals surface area contributed by atoms with E-state index in [2.05, 4.69) is 27.7 Å². The Hall–Kier alpha value is -3.34. The first-order valence-electron chi connectivity index (χ1n) is 18.7. The highest BCUT2D eigenvalue weighted by atomic mass is 16.5. The van der Waals surface area contributed by atoms with Crippen LogP contribution in [0.25, 0.3) is 0 Å². The van der Waals surface area contributed by atoms with E-state index < -0.39 is 28.5 Å². The van der Waals surface area contributed by atoms with Gasteiger partial charge in [0, 0.05) is 26.4 Å². The molecule has 4 aromatic rings. The van der Waals surface area contributed by atoms with Crippen molar-refractivity contribution in [2.45, 2.75) is 79.1 Å². The van der Waals surface area contributed by atoms with E-state index in [1.807, 2.05) is 72.8 Å². The van der Waals surface area contributed by atoms with Gasteiger partial charge < -0.3 is 63.3 Å². The van der Waals surface area contributed by atoms with Crippen molar-refractivity contribution in [1.82, 2.24) is 24.6 Å². The Bertz CT molecular complexity index is 1130. The van der Waals surface area contributed by atoms with Gasteiger partial charge >= 0.3 is 0 Å². The number of unbranched alkanes of at least 4 members (excludes halogenated alkanes) is 4. The van der Waals surface area contributed by atoms with Crippen LogP contribution in [-0.2, 0) is 18.6 Å². The van der Waals surface area contributed by atoms with Gasteiger partial charge in [-0.25, -0.2) is 0 Å². The van der Waals surface area contributed by atoms with Crippen LogP contribution in [0, 0.1) is 0 Å². The predicted molar refractivity (Wildman–Crippen MR) is 235 cm³/mol. The monoisotopic (exact) mass is 781 g/mol. The molecule has 0 aliphatic heterocycles. The number of hydrogen-bond donors (Lipinski definition) is 4. The smallest absolute Gasteiger partial charge is 0.217 e. The Morgan fingerprint density at radius 2 is 0.482 bits per heavy atom. The van der Waals surface area contributed by atoms with E-state index in [4.69, 9.17) is 18.6 Å². The summed E-state index contributed by atoms with van der Waals surface area (Å²) in [4.78, 5) is 0. The molecule has 16 heteroatoms. The van der Waals surface area contributed by atoms with E-state index >= 15 is 0 Å². The molecule has 0 amide bonds. The van der Waals surface area contributed by atoms with Crippen LogP contribution in [0.15, 0.2) is 121 Å². The Kier molecular flexibility index (Phi) is 43.8. The largest absolute Gasteiger partial charge is 0.853 e. The molecule has 0 unspecified atom stereocenters. The molecule has 12 nitrogen and oxygen atoms in total. The standard InChI is InChI=1S/4C10H14BO2.4H3N/c4*1-2-3-9-13-11(12)10-7-5-4-6-8-10;;;;/h4*4-8H,2-3,9H2,1H3;4*1H3/q4*-1;;;;/p+4. The zero-order valence-corrected chi connectivity index (χ0v) is 35.6. The third-order valence-corrected chi connectivity index (χ3v) is 7.36. The van der Waals surface area contributed by atoms with Crippen LogP contribution < -0.4 is 66.5 Å². The van der Waals surface area contributed by atoms with Gasteiger partial charge in [-0.15, -0.1) is 0 Å². The van der Waals surface area contributed by atoms with E-state index in [0.717, 1.165) is 51.4 Å². The van der Waals surface area contributed by atoms with Gasteiger partial charge in [0.25, 0.3) is 0 Å². The number of quaternary nitrogens is 4. The molecule has 0 aromatic heterocycles. The van der Waals surface area contributed by atoms with Crippen LogP contribution in [-0.4, -0.2) is 54.9 Å². The maximum Gasteiger partial charge on any atom is 0.217 e. The molecular weight excluding hydrogens is 708 g/mol. The molecule has 0 spiro atoms. The first-order valence-corrected chi connectivity index (χ1v) is 18.7. The third kappa shape index (κ3) is 29.9. The molecule has 56 heavy (non-hydrogen) atoms. The lowest BCUT2D eigenvalue weighted by molar-refractivity contribution is -0.217. The molecule has 312 valence electrons. The highest BCUT2D eigenvalue weighted by molar-refractivity contribution is 6.59. The SMILES string of the molecule is CCCCOB([O-])c1ccccc1.CCCCOB([O-])c1ccccc1.CCCCOB([O-])c1ccccc1.CCCCOB([O-])c1ccccc1.[NH4+].[NH4+].[NH4+].[NH4+]. The fourth-order valence-corrected chi connectivity index (χ4v) is 4.16. The molecule has 16 N–H and O–H groups in total. The topological polar surface area (TPSA) is 275 Å². The highest BCUT2D eigenvalue weighted by Gasteiger charge is 2.03. The molecular formula is C40H72B4N4O8. The van der Waals surface area contributed by atoms with Crippen molar-refractivity contribution in [3.05, 3.63) is 121 Å². The van der Waals surface area contributed by atoms with Gasteiger partial charge in [-0.2, -0.15) is 0 Å². The number of hydrogen-bond acceptors (Lipinski definition) is 8. The van der Waals surface area contributed by atoms with Gasteiger partial charge in [0.15, 0.2) is 0 Å². The molecule has 0 aliphatic carbocycles. The Labute approximate surface area is 339 Å². The van der Waals surface area contributed by atoms with E-state index in [0.29, 0.717) is 48.3 Å². The van der Waals surface area contributed by atoms with Crippen molar-refractivity contribution >= 4 is 50.3 Å². The maximum atomic E-state index is 11.4. The van der Waals surface area contributed by atoms with Crippen molar-refractivity contribution in [3.63, 3.8) is 0 Å². The molecule has 4 rings (SSSR count). The summed E-state index contributed by atoms with van der Waals surface area (Å²) in [5.74, 6) is 0. The van der Waals surface area contributed by atoms with E-state index in [-0.39, 0.29) is 24.6 Å². The van der Waals surface area contributed by atoms with E-state index in [1.165, 1.54) is 0 Å². The molecule has 0 aliphatic rings. The molecule has 0 atom stereocenters. The van der Waals surface area contributed by atoms with Gasteiger partial charge in [-0.3, -0.25) is 0 Å². The lowest BCUT2D eigenvalue weighted by Gasteiger charge is -2.19. The summed E-state index contributed by atoms with van der Waals surface area (Å²) in [6.07, 6.45) is 8.03. The summed E-state index contributed by atoms with van der Waals surface area (Å²) in [7, 11) is -4.08. The van der Waals surface area contributed by atoms with Gasteiger partial charge in [0.1, 0.15) is 0 Å². The maximum absolute atomic E-state index is 11.4. The Morgan fingerprint density at radius 1 is 0.321 bits per heavy atom. The summed E-state index contributed by atoms with van der Waals surface area (Å²) in [5, 5.41) is 45.5. The summed E-state index contributed by atoms with van der Waals surface area (Å²) in [6.45, 7) is 10.5. The van der Waals surface area contributed by atoms with Crippen molar-refractivity contribution in [2.24, 2.45) is 0 Å². The Balaban J connectivity index is -0.000000314. The highest BCUT2D eigenvalue weighted by Crippen LogP contribution is 1.93.